The van der Waals surface area contributed by atoms with Gasteiger partial charge in [-0.2, -0.15) is 0 Å². The first-order valence-electron chi connectivity index (χ1n) is 9.31. The van der Waals surface area contributed by atoms with Crippen molar-refractivity contribution in [1.29, 1.82) is 5.41 Å². The van der Waals surface area contributed by atoms with Crippen LogP contribution in [-0.4, -0.2) is 24.0 Å². The van der Waals surface area contributed by atoms with Crippen molar-refractivity contribution >= 4 is 23.4 Å². The quantitative estimate of drug-likeness (QED) is 0.391. The number of rotatable bonds is 6. The molecule has 8 heteroatoms. The van der Waals surface area contributed by atoms with Crippen molar-refractivity contribution in [1.82, 2.24) is 0 Å². The number of aryl methyl sites for hydroxylation is 1. The minimum atomic E-state index is -0.756. The first kappa shape index (κ1) is 20.3. The lowest BCUT2D eigenvalue weighted by molar-refractivity contribution is -0.165. The normalized spacial score (nSPS) is 15.0. The molecule has 1 atom stereocenters. The standard InChI is InChI=1S/C21H22FN3O4/c1-2-3-18(26)29-19-9-5-12-10-14(6-8-17(12)28-19)25-21(27)15-7-4-13(20(23)24)11-16(15)22/h4,6-8,10-11,19H,2-3,5,9H2,1H3,(H3,23,24)(H,25,27). The Labute approximate surface area is 167 Å². The number of fused-ring (bicyclic) bond motifs is 1. The second-order valence-corrected chi connectivity index (χ2v) is 6.71. The van der Waals surface area contributed by atoms with E-state index in [2.05, 4.69) is 5.32 Å². The topological polar surface area (TPSA) is 114 Å². The van der Waals surface area contributed by atoms with Crippen LogP contribution >= 0.6 is 0 Å². The predicted octanol–water partition coefficient (Wildman–Crippen LogP) is 3.36. The fourth-order valence-electron chi connectivity index (χ4n) is 3.00. The number of hydrogen-bond donors (Lipinski definition) is 3. The molecule has 0 spiro atoms. The average molecular weight is 399 g/mol. The molecule has 1 amide bonds. The highest BCUT2D eigenvalue weighted by molar-refractivity contribution is 6.05. The van der Waals surface area contributed by atoms with E-state index < -0.39 is 18.0 Å². The molecule has 2 aromatic rings. The highest BCUT2D eigenvalue weighted by Crippen LogP contribution is 2.31. The number of carbonyl (C=O) groups is 2. The number of ether oxygens (including phenoxy) is 2. The van der Waals surface area contributed by atoms with Crippen LogP contribution in [0.15, 0.2) is 36.4 Å². The molecule has 0 saturated carbocycles. The van der Waals surface area contributed by atoms with Crippen LogP contribution in [0.1, 0.15) is 47.7 Å². The van der Waals surface area contributed by atoms with Gasteiger partial charge in [-0.15, -0.1) is 0 Å². The van der Waals surface area contributed by atoms with Gasteiger partial charge in [0, 0.05) is 24.1 Å². The van der Waals surface area contributed by atoms with Gasteiger partial charge in [-0.1, -0.05) is 13.0 Å². The van der Waals surface area contributed by atoms with Crippen molar-refractivity contribution in [3.8, 4) is 5.75 Å². The fourth-order valence-corrected chi connectivity index (χ4v) is 3.00. The number of halogens is 1. The largest absolute Gasteiger partial charge is 0.454 e. The smallest absolute Gasteiger partial charge is 0.308 e. The Hall–Kier alpha value is -3.42. The fraction of sp³-hybridized carbons (Fsp3) is 0.286. The third-order valence-corrected chi connectivity index (χ3v) is 4.47. The van der Waals surface area contributed by atoms with Gasteiger partial charge in [0.15, 0.2) is 0 Å². The van der Waals surface area contributed by atoms with Crippen molar-refractivity contribution < 1.29 is 23.5 Å². The SMILES string of the molecule is CCCC(=O)OC1CCc2cc(NC(=O)c3ccc(C(=N)N)cc3F)ccc2O1. The van der Waals surface area contributed by atoms with Crippen LogP contribution < -0.4 is 15.8 Å². The van der Waals surface area contributed by atoms with Gasteiger partial charge >= 0.3 is 5.97 Å². The number of anilines is 1. The van der Waals surface area contributed by atoms with E-state index in [4.69, 9.17) is 20.6 Å². The molecule has 0 aromatic heterocycles. The van der Waals surface area contributed by atoms with Gasteiger partial charge in [-0.05, 0) is 48.7 Å². The van der Waals surface area contributed by atoms with E-state index in [1.54, 1.807) is 18.2 Å². The number of amidine groups is 1. The van der Waals surface area contributed by atoms with Gasteiger partial charge in [-0.3, -0.25) is 15.0 Å². The minimum absolute atomic E-state index is 0.146. The molecule has 3 rings (SSSR count). The van der Waals surface area contributed by atoms with Gasteiger partial charge in [0.05, 0.1) is 5.56 Å². The van der Waals surface area contributed by atoms with Crippen LogP contribution in [0.4, 0.5) is 10.1 Å². The molecule has 1 aliphatic heterocycles. The molecule has 1 aliphatic rings. The number of esters is 1. The Morgan fingerprint density at radius 2 is 2.10 bits per heavy atom. The summed E-state index contributed by atoms with van der Waals surface area (Å²) in [5.41, 5.74) is 6.74. The second-order valence-electron chi connectivity index (χ2n) is 6.71. The highest BCUT2D eigenvalue weighted by atomic mass is 19.1. The van der Waals surface area contributed by atoms with E-state index in [9.17, 15) is 14.0 Å². The first-order chi connectivity index (χ1) is 13.9. The summed E-state index contributed by atoms with van der Waals surface area (Å²) >= 11 is 0. The first-order valence-corrected chi connectivity index (χ1v) is 9.31. The molecular weight excluding hydrogens is 377 g/mol. The molecule has 152 valence electrons. The highest BCUT2D eigenvalue weighted by Gasteiger charge is 2.23. The maximum absolute atomic E-state index is 14.2. The van der Waals surface area contributed by atoms with E-state index in [1.165, 1.54) is 12.1 Å². The van der Waals surface area contributed by atoms with Gasteiger partial charge in [0.1, 0.15) is 17.4 Å². The van der Waals surface area contributed by atoms with Crippen molar-refractivity contribution in [3.05, 3.63) is 58.9 Å². The van der Waals surface area contributed by atoms with E-state index in [1.807, 2.05) is 6.92 Å². The summed E-state index contributed by atoms with van der Waals surface area (Å²) in [4.78, 5) is 24.0. The zero-order valence-corrected chi connectivity index (χ0v) is 16.0. The summed E-state index contributed by atoms with van der Waals surface area (Å²) < 4.78 is 25.1. The Bertz CT molecular complexity index is 961. The number of amides is 1. The molecule has 1 heterocycles. The van der Waals surface area contributed by atoms with Crippen molar-refractivity contribution in [2.45, 2.75) is 38.9 Å². The summed E-state index contributed by atoms with van der Waals surface area (Å²) in [5, 5.41) is 9.97. The zero-order chi connectivity index (χ0) is 21.0. The zero-order valence-electron chi connectivity index (χ0n) is 16.0. The molecule has 29 heavy (non-hydrogen) atoms. The van der Waals surface area contributed by atoms with Crippen LogP contribution in [0, 0.1) is 11.2 Å². The summed E-state index contributed by atoms with van der Waals surface area (Å²) in [6, 6.07) is 8.82. The predicted molar refractivity (Wildman–Crippen MR) is 106 cm³/mol. The summed E-state index contributed by atoms with van der Waals surface area (Å²) in [6.07, 6.45) is 1.58. The molecule has 0 bridgehead atoms. The average Bonchev–Trinajstić information content (AvgIpc) is 2.68. The lowest BCUT2D eigenvalue weighted by Gasteiger charge is -2.26. The summed E-state index contributed by atoms with van der Waals surface area (Å²) in [7, 11) is 0. The maximum Gasteiger partial charge on any atom is 0.308 e. The molecule has 0 aliphatic carbocycles. The van der Waals surface area contributed by atoms with E-state index in [0.29, 0.717) is 37.1 Å². The molecule has 0 fully saturated rings. The maximum atomic E-state index is 14.2. The Morgan fingerprint density at radius 3 is 2.79 bits per heavy atom. The molecule has 0 radical (unpaired) electrons. The van der Waals surface area contributed by atoms with Crippen LogP contribution in [-0.2, 0) is 16.0 Å². The van der Waals surface area contributed by atoms with Crippen molar-refractivity contribution in [2.24, 2.45) is 5.73 Å². The van der Waals surface area contributed by atoms with Gasteiger partial charge in [-0.25, -0.2) is 4.39 Å². The minimum Gasteiger partial charge on any atom is -0.454 e. The van der Waals surface area contributed by atoms with Gasteiger partial charge in [0.25, 0.3) is 5.91 Å². The number of hydrogen-bond acceptors (Lipinski definition) is 5. The number of nitrogen functional groups attached to an aromatic ring is 1. The number of carbonyl (C=O) groups excluding carboxylic acids is 2. The number of nitrogens with two attached hydrogens (primary N) is 1. The molecule has 2 aromatic carbocycles. The summed E-state index contributed by atoms with van der Waals surface area (Å²) in [5.74, 6) is -1.35. The van der Waals surface area contributed by atoms with Crippen LogP contribution in [0.25, 0.3) is 0 Å². The van der Waals surface area contributed by atoms with Gasteiger partial charge in [0.2, 0.25) is 6.29 Å². The Balaban J connectivity index is 1.67. The Morgan fingerprint density at radius 1 is 1.31 bits per heavy atom. The monoisotopic (exact) mass is 399 g/mol. The number of benzene rings is 2. The van der Waals surface area contributed by atoms with Crippen LogP contribution in [0.5, 0.6) is 5.75 Å². The number of nitrogens with one attached hydrogen (secondary N) is 2. The lowest BCUT2D eigenvalue weighted by Crippen LogP contribution is -2.28. The van der Waals surface area contributed by atoms with Crippen molar-refractivity contribution in [3.63, 3.8) is 0 Å². The summed E-state index contributed by atoms with van der Waals surface area (Å²) in [6.45, 7) is 1.90. The van der Waals surface area contributed by atoms with Crippen molar-refractivity contribution in [2.75, 3.05) is 5.32 Å². The molecular formula is C21H22FN3O4. The van der Waals surface area contributed by atoms with Gasteiger partial charge < -0.3 is 20.5 Å². The lowest BCUT2D eigenvalue weighted by atomic mass is 10.0. The molecule has 4 N–H and O–H groups in total. The van der Waals surface area contributed by atoms with E-state index >= 15 is 0 Å². The van der Waals surface area contributed by atoms with E-state index in [0.717, 1.165) is 11.6 Å². The van der Waals surface area contributed by atoms with E-state index in [-0.39, 0.29) is 22.9 Å². The van der Waals surface area contributed by atoms with Crippen LogP contribution in [0.3, 0.4) is 0 Å². The third-order valence-electron chi connectivity index (χ3n) is 4.47. The molecule has 0 saturated heterocycles. The van der Waals surface area contributed by atoms with Crippen LogP contribution in [0.2, 0.25) is 0 Å². The third kappa shape index (κ3) is 4.90. The molecule has 1 unspecified atom stereocenters. The molecule has 7 nitrogen and oxygen atoms in total. The second kappa shape index (κ2) is 8.72. The Kier molecular flexibility index (Phi) is 6.11.